The van der Waals surface area contributed by atoms with E-state index in [1.807, 2.05) is 30.3 Å². The number of para-hydroxylation sites is 1. The molecule has 0 aliphatic carbocycles. The van der Waals surface area contributed by atoms with Gasteiger partial charge in [0.25, 0.3) is 0 Å². The summed E-state index contributed by atoms with van der Waals surface area (Å²) in [6.45, 7) is 1.94. The van der Waals surface area contributed by atoms with Crippen molar-refractivity contribution in [3.05, 3.63) is 65.7 Å². The van der Waals surface area contributed by atoms with E-state index in [1.54, 1.807) is 11.9 Å². The van der Waals surface area contributed by atoms with Crippen molar-refractivity contribution in [2.24, 2.45) is 4.99 Å². The Morgan fingerprint density at radius 1 is 1.10 bits per heavy atom. The van der Waals surface area contributed by atoms with Gasteiger partial charge in [-0.05, 0) is 24.1 Å². The molecule has 1 fully saturated rings. The molecule has 0 aromatic heterocycles. The number of guanidine groups is 1. The molecule has 3 N–H and O–H groups in total. The molecular formula is C22H28F2IN5O. The van der Waals surface area contributed by atoms with Gasteiger partial charge in [0.1, 0.15) is 17.3 Å². The van der Waals surface area contributed by atoms with Crippen molar-refractivity contribution in [1.29, 1.82) is 0 Å². The highest BCUT2D eigenvalue weighted by Crippen LogP contribution is 2.26. The largest absolute Gasteiger partial charge is 0.365 e. The van der Waals surface area contributed by atoms with E-state index in [-0.39, 0.29) is 41.6 Å². The number of carbonyl (C=O) groups is 1. The minimum atomic E-state index is -0.556. The average molecular weight is 543 g/mol. The van der Waals surface area contributed by atoms with Crippen molar-refractivity contribution in [2.45, 2.75) is 25.4 Å². The van der Waals surface area contributed by atoms with Crippen LogP contribution in [0.25, 0.3) is 0 Å². The number of hydrogen-bond donors (Lipinski definition) is 3. The molecule has 2 aromatic carbocycles. The van der Waals surface area contributed by atoms with E-state index in [9.17, 15) is 13.6 Å². The summed E-state index contributed by atoms with van der Waals surface area (Å²) in [5.74, 6) is -0.602. The molecule has 1 amide bonds. The number of rotatable bonds is 7. The summed E-state index contributed by atoms with van der Waals surface area (Å²) in [6.07, 6.45) is 1.04. The number of amides is 1. The van der Waals surface area contributed by atoms with Gasteiger partial charge in [-0.2, -0.15) is 0 Å². The van der Waals surface area contributed by atoms with Crippen molar-refractivity contribution < 1.29 is 13.6 Å². The van der Waals surface area contributed by atoms with E-state index in [0.717, 1.165) is 12.0 Å². The van der Waals surface area contributed by atoms with Crippen molar-refractivity contribution in [3.8, 4) is 0 Å². The molecule has 9 heteroatoms. The highest BCUT2D eigenvalue weighted by molar-refractivity contribution is 14.0. The molecule has 31 heavy (non-hydrogen) atoms. The van der Waals surface area contributed by atoms with Crippen LogP contribution >= 0.6 is 24.0 Å². The zero-order valence-electron chi connectivity index (χ0n) is 17.4. The Morgan fingerprint density at radius 3 is 2.48 bits per heavy atom. The summed E-state index contributed by atoms with van der Waals surface area (Å²) < 4.78 is 28.0. The second-order valence-electron chi connectivity index (χ2n) is 7.16. The Hall–Kier alpha value is -2.43. The number of aliphatic imine (C=N–C) groups is 1. The summed E-state index contributed by atoms with van der Waals surface area (Å²) in [6, 6.07) is 13.6. The highest BCUT2D eigenvalue weighted by Gasteiger charge is 2.27. The average Bonchev–Trinajstić information content (AvgIpc) is 3.20. The van der Waals surface area contributed by atoms with Gasteiger partial charge >= 0.3 is 0 Å². The molecule has 1 aliphatic rings. The van der Waals surface area contributed by atoms with Crippen molar-refractivity contribution >= 4 is 41.5 Å². The zero-order valence-corrected chi connectivity index (χ0v) is 19.7. The van der Waals surface area contributed by atoms with E-state index in [0.29, 0.717) is 38.6 Å². The van der Waals surface area contributed by atoms with E-state index >= 15 is 0 Å². The molecule has 1 heterocycles. The highest BCUT2D eigenvalue weighted by atomic mass is 127. The first kappa shape index (κ1) is 24.8. The molecule has 6 nitrogen and oxygen atoms in total. The third-order valence-electron chi connectivity index (χ3n) is 4.98. The number of hydrogen-bond acceptors (Lipinski definition) is 3. The van der Waals surface area contributed by atoms with Crippen LogP contribution in [0.4, 0.5) is 14.5 Å². The van der Waals surface area contributed by atoms with Gasteiger partial charge in [0, 0.05) is 45.7 Å². The van der Waals surface area contributed by atoms with Crippen LogP contribution in [0, 0.1) is 11.6 Å². The maximum Gasteiger partial charge on any atom is 0.222 e. The molecule has 168 valence electrons. The van der Waals surface area contributed by atoms with Crippen LogP contribution in [0.5, 0.6) is 0 Å². The van der Waals surface area contributed by atoms with Crippen molar-refractivity contribution in [3.63, 3.8) is 0 Å². The molecule has 0 saturated carbocycles. The van der Waals surface area contributed by atoms with Gasteiger partial charge in [-0.15, -0.1) is 24.0 Å². The first-order valence-electron chi connectivity index (χ1n) is 10.0. The smallest absolute Gasteiger partial charge is 0.222 e. The van der Waals surface area contributed by atoms with Crippen LogP contribution in [-0.4, -0.2) is 44.6 Å². The van der Waals surface area contributed by atoms with Crippen LogP contribution in [0.3, 0.4) is 0 Å². The van der Waals surface area contributed by atoms with E-state index in [2.05, 4.69) is 20.9 Å². The first-order chi connectivity index (χ1) is 14.6. The van der Waals surface area contributed by atoms with Gasteiger partial charge in [-0.1, -0.05) is 36.4 Å². The lowest BCUT2D eigenvalue weighted by molar-refractivity contribution is -0.121. The molecule has 1 unspecified atom stereocenters. The number of halogens is 3. The quantitative estimate of drug-likeness (QED) is 0.286. The van der Waals surface area contributed by atoms with Crippen molar-refractivity contribution in [2.75, 3.05) is 31.6 Å². The minimum absolute atomic E-state index is 0. The summed E-state index contributed by atoms with van der Waals surface area (Å²) in [7, 11) is 1.65. The number of anilines is 1. The zero-order chi connectivity index (χ0) is 21.3. The van der Waals surface area contributed by atoms with Gasteiger partial charge in [0.05, 0.1) is 0 Å². The van der Waals surface area contributed by atoms with Gasteiger partial charge in [0.2, 0.25) is 5.91 Å². The van der Waals surface area contributed by atoms with Crippen LogP contribution in [-0.2, 0) is 11.3 Å². The Morgan fingerprint density at radius 2 is 1.81 bits per heavy atom. The number of nitrogens with zero attached hydrogens (tertiary/aromatic N) is 2. The summed E-state index contributed by atoms with van der Waals surface area (Å²) in [4.78, 5) is 17.9. The lowest BCUT2D eigenvalue weighted by Gasteiger charge is -2.21. The Labute approximate surface area is 198 Å². The van der Waals surface area contributed by atoms with E-state index < -0.39 is 11.6 Å². The molecular weight excluding hydrogens is 515 g/mol. The number of benzene rings is 2. The van der Waals surface area contributed by atoms with Gasteiger partial charge in [0.15, 0.2) is 5.96 Å². The van der Waals surface area contributed by atoms with Crippen LogP contribution < -0.4 is 20.9 Å². The summed E-state index contributed by atoms with van der Waals surface area (Å²) in [5.41, 5.74) is 1.06. The number of nitrogens with one attached hydrogen (secondary N) is 3. The fourth-order valence-corrected chi connectivity index (χ4v) is 3.44. The van der Waals surface area contributed by atoms with Gasteiger partial charge < -0.3 is 20.9 Å². The van der Waals surface area contributed by atoms with E-state index in [1.165, 1.54) is 18.2 Å². The maximum atomic E-state index is 14.0. The van der Waals surface area contributed by atoms with Crippen LogP contribution in [0.15, 0.2) is 53.5 Å². The summed E-state index contributed by atoms with van der Waals surface area (Å²) in [5, 5.41) is 9.25. The molecule has 3 rings (SSSR count). The lowest BCUT2D eigenvalue weighted by Crippen LogP contribution is -2.45. The standard InChI is InChI=1S/C22H27F2N5O.HI/c1-25-22(26-12-10-20(30)27-14-16-6-3-2-4-7-16)28-17-11-13-29(15-17)21-18(23)8-5-9-19(21)24;/h2-9,17H,10-15H2,1H3,(H,27,30)(H2,25,26,28);1H. The SMILES string of the molecule is CN=C(NCCC(=O)NCc1ccccc1)NC1CCN(c2c(F)cccc2F)C1.I. The lowest BCUT2D eigenvalue weighted by atomic mass is 10.2. The Kier molecular flexibility index (Phi) is 9.96. The predicted octanol–water partition coefficient (Wildman–Crippen LogP) is 3.03. The molecule has 0 bridgehead atoms. The Balaban J connectivity index is 0.00000341. The molecule has 0 spiro atoms. The van der Waals surface area contributed by atoms with Gasteiger partial charge in [-0.3, -0.25) is 9.79 Å². The third-order valence-corrected chi connectivity index (χ3v) is 4.98. The topological polar surface area (TPSA) is 68.8 Å². The fourth-order valence-electron chi connectivity index (χ4n) is 3.44. The van der Waals surface area contributed by atoms with Crippen LogP contribution in [0.2, 0.25) is 0 Å². The molecule has 1 aliphatic heterocycles. The second kappa shape index (κ2) is 12.4. The second-order valence-corrected chi connectivity index (χ2v) is 7.16. The third kappa shape index (κ3) is 7.34. The Bertz CT molecular complexity index is 861. The summed E-state index contributed by atoms with van der Waals surface area (Å²) >= 11 is 0. The predicted molar refractivity (Wildman–Crippen MR) is 130 cm³/mol. The fraction of sp³-hybridized carbons (Fsp3) is 0.364. The molecule has 1 saturated heterocycles. The number of carbonyl (C=O) groups excluding carboxylic acids is 1. The molecule has 0 radical (unpaired) electrons. The first-order valence-corrected chi connectivity index (χ1v) is 10.0. The molecule has 2 aromatic rings. The van der Waals surface area contributed by atoms with Gasteiger partial charge in [-0.25, -0.2) is 8.78 Å². The minimum Gasteiger partial charge on any atom is -0.365 e. The van der Waals surface area contributed by atoms with Crippen molar-refractivity contribution in [1.82, 2.24) is 16.0 Å². The molecule has 1 atom stereocenters. The van der Waals surface area contributed by atoms with E-state index in [4.69, 9.17) is 0 Å². The monoisotopic (exact) mass is 543 g/mol. The van der Waals surface area contributed by atoms with Crippen LogP contribution in [0.1, 0.15) is 18.4 Å². The maximum absolute atomic E-state index is 14.0. The normalized spacial score (nSPS) is 15.9.